The van der Waals surface area contributed by atoms with E-state index < -0.39 is 26.9 Å². The average Bonchev–Trinajstić information content (AvgIpc) is 2.82. The standard InChI is InChI=1S/C22H25N7O5/c1-4-9-27(10-5-2)16-7-8-18(19(12-16)24-21(30)6-3)25-26-22-15(14-23)11-17(28(31)32)13-20(22)29(33)34/h7-8,11-13H,4-6,9-10H2,1-3H3,(H,24,30). The highest BCUT2D eigenvalue weighted by molar-refractivity contribution is 5.94. The van der Waals surface area contributed by atoms with Crippen molar-refractivity contribution in [2.75, 3.05) is 23.3 Å². The molecule has 0 fully saturated rings. The lowest BCUT2D eigenvalue weighted by atomic mass is 10.1. The molecule has 0 saturated carbocycles. The van der Waals surface area contributed by atoms with E-state index >= 15 is 0 Å². The van der Waals surface area contributed by atoms with Crippen molar-refractivity contribution in [3.8, 4) is 6.07 Å². The monoisotopic (exact) mass is 467 g/mol. The molecule has 2 aromatic rings. The average molecular weight is 467 g/mol. The van der Waals surface area contributed by atoms with Crippen LogP contribution in [0.3, 0.4) is 0 Å². The lowest BCUT2D eigenvalue weighted by Gasteiger charge is -2.24. The number of carbonyl (C=O) groups excluding carboxylic acids is 1. The zero-order valence-electron chi connectivity index (χ0n) is 19.1. The van der Waals surface area contributed by atoms with E-state index in [-0.39, 0.29) is 23.6 Å². The molecule has 0 unspecified atom stereocenters. The largest absolute Gasteiger partial charge is 0.371 e. The zero-order valence-corrected chi connectivity index (χ0v) is 19.1. The number of non-ortho nitro benzene ring substituents is 1. The van der Waals surface area contributed by atoms with Gasteiger partial charge < -0.3 is 10.2 Å². The number of hydrogen-bond donors (Lipinski definition) is 1. The highest BCUT2D eigenvalue weighted by atomic mass is 16.6. The second-order valence-corrected chi connectivity index (χ2v) is 7.28. The first-order valence-electron chi connectivity index (χ1n) is 10.7. The van der Waals surface area contributed by atoms with Crippen molar-refractivity contribution in [1.29, 1.82) is 5.26 Å². The maximum Gasteiger partial charge on any atom is 0.304 e. The van der Waals surface area contributed by atoms with Crippen LogP contribution in [0.5, 0.6) is 0 Å². The first-order chi connectivity index (χ1) is 16.2. The third kappa shape index (κ3) is 6.32. The molecular formula is C22H25N7O5. The van der Waals surface area contributed by atoms with Gasteiger partial charge in [-0.1, -0.05) is 20.8 Å². The Labute approximate surface area is 196 Å². The quantitative estimate of drug-likeness (QED) is 0.249. The van der Waals surface area contributed by atoms with Gasteiger partial charge in [0.2, 0.25) is 5.91 Å². The Morgan fingerprint density at radius 1 is 1.06 bits per heavy atom. The van der Waals surface area contributed by atoms with Crippen molar-refractivity contribution in [3.63, 3.8) is 0 Å². The van der Waals surface area contributed by atoms with Crippen LogP contribution in [0, 0.1) is 31.6 Å². The van der Waals surface area contributed by atoms with Crippen LogP contribution in [0.2, 0.25) is 0 Å². The third-order valence-electron chi connectivity index (χ3n) is 4.79. The van der Waals surface area contributed by atoms with Crippen LogP contribution in [0.4, 0.5) is 34.1 Å². The topological polar surface area (TPSA) is 167 Å². The fourth-order valence-corrected chi connectivity index (χ4v) is 3.20. The molecule has 0 aromatic heterocycles. The summed E-state index contributed by atoms with van der Waals surface area (Å²) in [5, 5.41) is 42.6. The molecule has 0 bridgehead atoms. The van der Waals surface area contributed by atoms with Gasteiger partial charge in [0.05, 0.1) is 27.2 Å². The molecule has 12 nitrogen and oxygen atoms in total. The lowest BCUT2D eigenvalue weighted by Crippen LogP contribution is -2.25. The van der Waals surface area contributed by atoms with Gasteiger partial charge in [-0.3, -0.25) is 25.0 Å². The van der Waals surface area contributed by atoms with Crippen LogP contribution < -0.4 is 10.2 Å². The minimum atomic E-state index is -0.863. The van der Waals surface area contributed by atoms with Crippen molar-refractivity contribution in [3.05, 3.63) is 56.1 Å². The third-order valence-corrected chi connectivity index (χ3v) is 4.79. The van der Waals surface area contributed by atoms with Gasteiger partial charge in [0.1, 0.15) is 11.8 Å². The number of nitrogens with zero attached hydrogens (tertiary/aromatic N) is 6. The SMILES string of the molecule is CCCN(CCC)c1ccc(N=Nc2c(C#N)cc([N+](=O)[O-])cc2[N+](=O)[O-])c(NC(=O)CC)c1. The fraction of sp³-hybridized carbons (Fsp3) is 0.364. The maximum absolute atomic E-state index is 12.1. The van der Waals surface area contributed by atoms with E-state index in [1.54, 1.807) is 31.2 Å². The Bertz CT molecular complexity index is 1150. The lowest BCUT2D eigenvalue weighted by molar-refractivity contribution is -0.393. The van der Waals surface area contributed by atoms with Crippen LogP contribution in [-0.2, 0) is 4.79 Å². The number of amides is 1. The van der Waals surface area contributed by atoms with Crippen LogP contribution in [0.25, 0.3) is 0 Å². The van der Waals surface area contributed by atoms with Gasteiger partial charge in [0.15, 0.2) is 5.69 Å². The van der Waals surface area contributed by atoms with E-state index in [2.05, 4.69) is 34.3 Å². The van der Waals surface area contributed by atoms with E-state index in [4.69, 9.17) is 0 Å². The Hall–Kier alpha value is -4.40. The summed E-state index contributed by atoms with van der Waals surface area (Å²) in [6.07, 6.45) is 2.08. The molecule has 0 aliphatic rings. The summed E-state index contributed by atoms with van der Waals surface area (Å²) in [6.45, 7) is 7.46. The summed E-state index contributed by atoms with van der Waals surface area (Å²) < 4.78 is 0. The van der Waals surface area contributed by atoms with Gasteiger partial charge in [0.25, 0.3) is 5.69 Å². The molecule has 0 radical (unpaired) electrons. The fourth-order valence-electron chi connectivity index (χ4n) is 3.20. The normalized spacial score (nSPS) is 10.6. The molecule has 0 aliphatic heterocycles. The van der Waals surface area contributed by atoms with E-state index in [9.17, 15) is 30.3 Å². The number of anilines is 2. The molecule has 2 aromatic carbocycles. The van der Waals surface area contributed by atoms with Gasteiger partial charge >= 0.3 is 5.69 Å². The van der Waals surface area contributed by atoms with Gasteiger partial charge in [0, 0.05) is 31.3 Å². The van der Waals surface area contributed by atoms with Crippen molar-refractivity contribution < 1.29 is 14.6 Å². The van der Waals surface area contributed by atoms with Crippen LogP contribution in [0.15, 0.2) is 40.6 Å². The van der Waals surface area contributed by atoms with Crippen LogP contribution in [0.1, 0.15) is 45.6 Å². The molecular weight excluding hydrogens is 442 g/mol. The van der Waals surface area contributed by atoms with Crippen molar-refractivity contribution in [2.24, 2.45) is 10.2 Å². The van der Waals surface area contributed by atoms with Gasteiger partial charge in [-0.05, 0) is 31.0 Å². The van der Waals surface area contributed by atoms with Crippen LogP contribution >= 0.6 is 0 Å². The summed E-state index contributed by atoms with van der Waals surface area (Å²) in [4.78, 5) is 35.1. The van der Waals surface area contributed by atoms with Crippen LogP contribution in [-0.4, -0.2) is 28.8 Å². The number of nitriles is 1. The highest BCUT2D eigenvalue weighted by Crippen LogP contribution is 2.38. The molecule has 0 spiro atoms. The molecule has 0 aliphatic carbocycles. The molecule has 2 rings (SSSR count). The Morgan fingerprint density at radius 3 is 2.26 bits per heavy atom. The van der Waals surface area contributed by atoms with E-state index in [0.717, 1.165) is 43.8 Å². The first-order valence-corrected chi connectivity index (χ1v) is 10.7. The molecule has 34 heavy (non-hydrogen) atoms. The van der Waals surface area contributed by atoms with E-state index in [0.29, 0.717) is 5.69 Å². The molecule has 12 heteroatoms. The highest BCUT2D eigenvalue weighted by Gasteiger charge is 2.24. The number of benzene rings is 2. The molecule has 1 N–H and O–H groups in total. The summed E-state index contributed by atoms with van der Waals surface area (Å²) >= 11 is 0. The second kappa shape index (κ2) is 12.0. The number of nitrogens with one attached hydrogen (secondary N) is 1. The second-order valence-electron chi connectivity index (χ2n) is 7.28. The molecule has 0 saturated heterocycles. The Morgan fingerprint density at radius 2 is 1.74 bits per heavy atom. The minimum Gasteiger partial charge on any atom is -0.371 e. The Balaban J connectivity index is 2.60. The van der Waals surface area contributed by atoms with Crippen molar-refractivity contribution in [2.45, 2.75) is 40.0 Å². The zero-order chi connectivity index (χ0) is 25.3. The summed E-state index contributed by atoms with van der Waals surface area (Å²) in [5.41, 5.74) is -0.653. The number of carbonyl (C=O) groups is 1. The predicted octanol–water partition coefficient (Wildman–Crippen LogP) is 5.76. The Kier molecular flexibility index (Phi) is 9.13. The van der Waals surface area contributed by atoms with Gasteiger partial charge in [-0.25, -0.2) is 0 Å². The van der Waals surface area contributed by atoms with Crippen molar-refractivity contribution in [1.82, 2.24) is 0 Å². The predicted molar refractivity (Wildman–Crippen MR) is 127 cm³/mol. The first kappa shape index (κ1) is 25.9. The molecule has 0 heterocycles. The van der Waals surface area contributed by atoms with Crippen molar-refractivity contribution >= 4 is 40.0 Å². The number of rotatable bonds is 11. The van der Waals surface area contributed by atoms with Gasteiger partial charge in [-0.2, -0.15) is 5.26 Å². The molecule has 178 valence electrons. The molecule has 0 atom stereocenters. The summed E-state index contributed by atoms with van der Waals surface area (Å²) in [6, 6.07) is 8.49. The number of hydrogen-bond acceptors (Lipinski definition) is 9. The van der Waals surface area contributed by atoms with E-state index in [1.165, 1.54) is 0 Å². The number of nitro benzene ring substituents is 2. The number of azo groups is 1. The summed E-state index contributed by atoms with van der Waals surface area (Å²) in [7, 11) is 0. The smallest absolute Gasteiger partial charge is 0.304 e. The maximum atomic E-state index is 12.1. The minimum absolute atomic E-state index is 0.218. The number of nitro groups is 2. The summed E-state index contributed by atoms with van der Waals surface area (Å²) in [5.74, 6) is -0.259. The molecule has 1 amide bonds. The van der Waals surface area contributed by atoms with E-state index in [1.807, 2.05) is 0 Å². The van der Waals surface area contributed by atoms with Gasteiger partial charge in [-0.15, -0.1) is 10.2 Å².